The fourth-order valence-corrected chi connectivity index (χ4v) is 6.85. The van der Waals surface area contributed by atoms with Gasteiger partial charge in [0.2, 0.25) is 17.6 Å². The van der Waals surface area contributed by atoms with Crippen LogP contribution in [0.15, 0.2) is 24.3 Å². The normalized spacial score (nSPS) is 11.2. The lowest BCUT2D eigenvalue weighted by Gasteiger charge is -2.20. The number of amides is 3. The van der Waals surface area contributed by atoms with Gasteiger partial charge in [-0.25, -0.2) is 4.79 Å². The van der Waals surface area contributed by atoms with E-state index in [0.29, 0.717) is 22.1 Å². The number of carbonyl (C=O) groups is 4. The Kier molecular flexibility index (Phi) is 9.97. The molecule has 3 N–H and O–H groups in total. The molecule has 0 fully saturated rings. The molecule has 0 heterocycles. The van der Waals surface area contributed by atoms with Crippen LogP contribution in [0.3, 0.4) is 0 Å². The molecule has 0 aliphatic carbocycles. The maximum Gasteiger partial charge on any atom is 0.333 e. The molecular formula is C20H17I3N4O7. The minimum absolute atomic E-state index is 0.124. The molecule has 2 aromatic carbocycles. The topological polar surface area (TPSA) is 157 Å². The zero-order chi connectivity index (χ0) is 25.7. The second-order valence-electron chi connectivity index (χ2n) is 6.77. The van der Waals surface area contributed by atoms with Gasteiger partial charge in [-0.05, 0) is 80.8 Å². The molecule has 0 saturated carbocycles. The maximum atomic E-state index is 13.2. The third kappa shape index (κ3) is 6.74. The Hall–Kier alpha value is -2.09. The van der Waals surface area contributed by atoms with Crippen molar-refractivity contribution >= 4 is 109 Å². The number of hydrogen-bond donors (Lipinski definition) is 3. The summed E-state index contributed by atoms with van der Waals surface area (Å²) >= 11 is 5.75. The second-order valence-corrected chi connectivity index (χ2v) is 10.0. The predicted molar refractivity (Wildman–Crippen MR) is 149 cm³/mol. The summed E-state index contributed by atoms with van der Waals surface area (Å²) in [6, 6.07) is 4.19. The highest BCUT2D eigenvalue weighted by atomic mass is 127. The average Bonchev–Trinajstić information content (AvgIpc) is 2.74. The van der Waals surface area contributed by atoms with Crippen LogP contribution in [-0.4, -0.2) is 34.7 Å². The van der Waals surface area contributed by atoms with Crippen LogP contribution in [0, 0.1) is 20.8 Å². The van der Waals surface area contributed by atoms with Crippen LogP contribution in [-0.2, 0) is 14.4 Å². The highest BCUT2D eigenvalue weighted by Crippen LogP contribution is 2.39. The van der Waals surface area contributed by atoms with Gasteiger partial charge >= 0.3 is 11.7 Å². The van der Waals surface area contributed by atoms with Crippen molar-refractivity contribution in [2.45, 2.75) is 26.8 Å². The number of esters is 1. The van der Waals surface area contributed by atoms with Gasteiger partial charge in [-0.3, -0.25) is 24.5 Å². The van der Waals surface area contributed by atoms with Gasteiger partial charge < -0.3 is 20.7 Å². The van der Waals surface area contributed by atoms with E-state index in [2.05, 4.69) is 16.0 Å². The van der Waals surface area contributed by atoms with Crippen molar-refractivity contribution in [1.82, 2.24) is 5.32 Å². The number of para-hydroxylation sites is 2. The molecule has 14 heteroatoms. The Labute approximate surface area is 234 Å². The summed E-state index contributed by atoms with van der Waals surface area (Å²) in [4.78, 5) is 59.6. The standard InChI is InChI=1S/C20H17I3N4O7/c1-8(20(31)34-12-7-5-4-6-11(12)27(32)33)24-19(30)13-14(21)17(25-9(2)28)16(23)18(15(13)22)26-10(3)29/h4-8H,1-3H3,(H,24,30)(H,25,28)(H,26,29)/t8-/m0/s1. The number of anilines is 2. The molecule has 0 saturated heterocycles. The number of nitrogens with zero attached hydrogens (tertiary/aromatic N) is 1. The van der Waals surface area contributed by atoms with Gasteiger partial charge in [0.1, 0.15) is 6.04 Å². The molecule has 1 atom stereocenters. The summed E-state index contributed by atoms with van der Waals surface area (Å²) in [7, 11) is 0. The van der Waals surface area contributed by atoms with Crippen molar-refractivity contribution in [3.8, 4) is 5.75 Å². The maximum absolute atomic E-state index is 13.2. The van der Waals surface area contributed by atoms with Crippen LogP contribution in [0.4, 0.5) is 17.1 Å². The Bertz CT molecular complexity index is 1160. The van der Waals surface area contributed by atoms with Crippen molar-refractivity contribution < 1.29 is 28.8 Å². The molecule has 0 bridgehead atoms. The largest absolute Gasteiger partial charge is 0.418 e. The molecule has 180 valence electrons. The summed E-state index contributed by atoms with van der Waals surface area (Å²) < 4.78 is 6.44. The highest BCUT2D eigenvalue weighted by molar-refractivity contribution is 14.1. The SMILES string of the molecule is CC(=O)Nc1c(I)c(NC(C)=O)c(I)c(C(=O)N[C@@H](C)C(=O)Oc2ccccc2[N+](=O)[O-])c1I. The van der Waals surface area contributed by atoms with E-state index in [4.69, 9.17) is 4.74 Å². The van der Waals surface area contributed by atoms with Gasteiger partial charge in [-0.2, -0.15) is 0 Å². The fraction of sp³-hybridized carbons (Fsp3) is 0.200. The van der Waals surface area contributed by atoms with Crippen molar-refractivity contribution in [2.75, 3.05) is 10.6 Å². The summed E-state index contributed by atoms with van der Waals surface area (Å²) in [5.41, 5.74) is 0.395. The van der Waals surface area contributed by atoms with Crippen LogP contribution < -0.4 is 20.7 Å². The molecule has 0 aliphatic heterocycles. The summed E-state index contributed by atoms with van der Waals surface area (Å²) in [6.45, 7) is 3.98. The molecule has 2 rings (SSSR count). The first-order valence-electron chi connectivity index (χ1n) is 9.36. The zero-order valence-corrected chi connectivity index (χ0v) is 24.3. The third-order valence-corrected chi connectivity index (χ3v) is 7.36. The van der Waals surface area contributed by atoms with Crippen LogP contribution in [0.5, 0.6) is 5.75 Å². The first kappa shape index (κ1) is 28.1. The van der Waals surface area contributed by atoms with Crippen LogP contribution in [0.25, 0.3) is 0 Å². The minimum Gasteiger partial charge on any atom is -0.418 e. The second kappa shape index (κ2) is 12.0. The quantitative estimate of drug-likeness (QED) is 0.125. The lowest BCUT2D eigenvalue weighted by atomic mass is 10.1. The van der Waals surface area contributed by atoms with E-state index >= 15 is 0 Å². The van der Waals surface area contributed by atoms with Crippen molar-refractivity contribution in [3.05, 3.63) is 50.7 Å². The summed E-state index contributed by atoms with van der Waals surface area (Å²) in [5, 5.41) is 19.0. The lowest BCUT2D eigenvalue weighted by Crippen LogP contribution is -2.41. The molecule has 0 radical (unpaired) electrons. The van der Waals surface area contributed by atoms with E-state index in [9.17, 15) is 29.3 Å². The highest BCUT2D eigenvalue weighted by Gasteiger charge is 2.28. The molecule has 11 nitrogen and oxygen atoms in total. The predicted octanol–water partition coefficient (Wildman–Crippen LogP) is 4.05. The summed E-state index contributed by atoms with van der Waals surface area (Å²) in [5.74, 6) is -2.59. The molecule has 34 heavy (non-hydrogen) atoms. The molecule has 0 aliphatic rings. The van der Waals surface area contributed by atoms with Gasteiger partial charge in [-0.15, -0.1) is 0 Å². The number of nitrogens with one attached hydrogen (secondary N) is 3. The molecule has 2 aromatic rings. The Morgan fingerprint density at radius 1 is 0.941 bits per heavy atom. The first-order chi connectivity index (χ1) is 15.8. The van der Waals surface area contributed by atoms with E-state index in [1.54, 1.807) is 0 Å². The minimum atomic E-state index is -1.17. The average molecular weight is 806 g/mol. The van der Waals surface area contributed by atoms with E-state index < -0.39 is 28.5 Å². The number of benzene rings is 2. The lowest BCUT2D eigenvalue weighted by molar-refractivity contribution is -0.385. The number of nitro benzene ring substituents is 1. The molecule has 0 unspecified atom stereocenters. The third-order valence-electron chi connectivity index (χ3n) is 4.12. The number of nitro groups is 1. The monoisotopic (exact) mass is 806 g/mol. The van der Waals surface area contributed by atoms with Gasteiger partial charge in [0, 0.05) is 19.9 Å². The van der Waals surface area contributed by atoms with Gasteiger partial charge in [-0.1, -0.05) is 12.1 Å². The Morgan fingerprint density at radius 2 is 1.44 bits per heavy atom. The smallest absolute Gasteiger partial charge is 0.333 e. The zero-order valence-electron chi connectivity index (χ0n) is 17.8. The van der Waals surface area contributed by atoms with Crippen molar-refractivity contribution in [1.29, 1.82) is 0 Å². The molecule has 0 aromatic heterocycles. The number of ether oxygens (including phenoxy) is 1. The first-order valence-corrected chi connectivity index (χ1v) is 12.6. The Morgan fingerprint density at radius 3 is 1.91 bits per heavy atom. The van der Waals surface area contributed by atoms with E-state index in [0.717, 1.165) is 0 Å². The van der Waals surface area contributed by atoms with Gasteiger partial charge in [0.05, 0.1) is 32.6 Å². The summed E-state index contributed by atoms with van der Waals surface area (Å²) in [6.07, 6.45) is 0. The molecule has 3 amide bonds. The van der Waals surface area contributed by atoms with Crippen LogP contribution in [0.1, 0.15) is 31.1 Å². The fourth-order valence-electron chi connectivity index (χ4n) is 2.65. The van der Waals surface area contributed by atoms with Gasteiger partial charge in [0.25, 0.3) is 5.91 Å². The van der Waals surface area contributed by atoms with E-state index in [1.807, 2.05) is 67.8 Å². The molecule has 0 spiro atoms. The number of hydrogen-bond acceptors (Lipinski definition) is 7. The van der Waals surface area contributed by atoms with Gasteiger partial charge in [0.15, 0.2) is 0 Å². The number of halogens is 3. The van der Waals surface area contributed by atoms with E-state index in [-0.39, 0.29) is 23.1 Å². The Balaban J connectivity index is 2.39. The number of rotatable bonds is 7. The van der Waals surface area contributed by atoms with Crippen molar-refractivity contribution in [2.24, 2.45) is 0 Å². The van der Waals surface area contributed by atoms with Crippen molar-refractivity contribution in [3.63, 3.8) is 0 Å². The van der Waals surface area contributed by atoms with Crippen LogP contribution in [0.2, 0.25) is 0 Å². The van der Waals surface area contributed by atoms with E-state index in [1.165, 1.54) is 45.0 Å². The molecular weight excluding hydrogens is 789 g/mol. The number of carbonyl (C=O) groups excluding carboxylic acids is 4. The van der Waals surface area contributed by atoms with Crippen LogP contribution >= 0.6 is 67.8 Å².